The fourth-order valence-electron chi connectivity index (χ4n) is 3.63. The third kappa shape index (κ3) is 6.84. The van der Waals surface area contributed by atoms with E-state index < -0.39 is 38.5 Å². The van der Waals surface area contributed by atoms with Gasteiger partial charge < -0.3 is 14.8 Å². The van der Waals surface area contributed by atoms with E-state index in [0.717, 1.165) is 6.07 Å². The van der Waals surface area contributed by atoms with Crippen molar-refractivity contribution in [1.82, 2.24) is 8.61 Å². The number of carbonyl (C=O) groups is 2. The number of hydrogen-bond donors (Lipinski definition) is 1. The van der Waals surface area contributed by atoms with E-state index in [-0.39, 0.29) is 70.5 Å². The van der Waals surface area contributed by atoms with Gasteiger partial charge in [0.15, 0.2) is 6.61 Å². The molecule has 0 radical (unpaired) electrons. The summed E-state index contributed by atoms with van der Waals surface area (Å²) in [5.41, 5.74) is -0.106. The van der Waals surface area contributed by atoms with E-state index in [1.807, 2.05) is 0 Å². The minimum absolute atomic E-state index is 0.0149. The second-order valence-electron chi connectivity index (χ2n) is 8.02. The van der Waals surface area contributed by atoms with E-state index in [9.17, 15) is 26.4 Å². The van der Waals surface area contributed by atoms with Crippen LogP contribution in [0.15, 0.2) is 46.2 Å². The number of rotatable bonds is 10. The van der Waals surface area contributed by atoms with Crippen LogP contribution in [-0.2, 0) is 34.3 Å². The minimum Gasteiger partial charge on any atom is -0.452 e. The average molecular weight is 609 g/mol. The van der Waals surface area contributed by atoms with Crippen LogP contribution >= 0.6 is 23.2 Å². The molecule has 0 aromatic heterocycles. The number of morpholine rings is 1. The number of sulfonamides is 2. The van der Waals surface area contributed by atoms with Gasteiger partial charge in [-0.05, 0) is 36.4 Å². The zero-order valence-corrected chi connectivity index (χ0v) is 23.8. The Kier molecular flexibility index (Phi) is 10.1. The summed E-state index contributed by atoms with van der Waals surface area (Å²) < 4.78 is 64.2. The first kappa shape index (κ1) is 30.3. The second-order valence-corrected chi connectivity index (χ2v) is 12.7. The summed E-state index contributed by atoms with van der Waals surface area (Å²) in [4.78, 5) is 24.7. The van der Waals surface area contributed by atoms with Crippen molar-refractivity contribution in [2.45, 2.75) is 23.6 Å². The molecule has 1 aliphatic heterocycles. The molecular weight excluding hydrogens is 581 g/mol. The Balaban J connectivity index is 1.70. The molecule has 1 aliphatic rings. The predicted octanol–water partition coefficient (Wildman–Crippen LogP) is 2.84. The van der Waals surface area contributed by atoms with Crippen molar-refractivity contribution in [3.05, 3.63) is 52.0 Å². The largest absolute Gasteiger partial charge is 0.452 e. The highest BCUT2D eigenvalue weighted by Gasteiger charge is 2.28. The topological polar surface area (TPSA) is 139 Å². The van der Waals surface area contributed by atoms with E-state index in [1.54, 1.807) is 13.8 Å². The lowest BCUT2D eigenvalue weighted by molar-refractivity contribution is -0.119. The normalized spacial score (nSPS) is 14.9. The summed E-state index contributed by atoms with van der Waals surface area (Å²) in [6, 6.07) is 7.51. The molecule has 0 bridgehead atoms. The molecule has 2 aromatic rings. The number of hydrogen-bond acceptors (Lipinski definition) is 8. The van der Waals surface area contributed by atoms with Crippen molar-refractivity contribution in [2.75, 3.05) is 51.3 Å². The number of ether oxygens (including phenoxy) is 2. The number of nitrogens with one attached hydrogen (secondary N) is 1. The Bertz CT molecular complexity index is 1410. The van der Waals surface area contributed by atoms with Crippen LogP contribution in [0.3, 0.4) is 0 Å². The molecular formula is C23H27Cl2N3O8S2. The number of benzene rings is 2. The molecule has 0 unspecified atom stereocenters. The molecule has 2 aromatic carbocycles. The van der Waals surface area contributed by atoms with E-state index >= 15 is 0 Å². The summed E-state index contributed by atoms with van der Waals surface area (Å²) in [6.45, 7) is 3.98. The summed E-state index contributed by atoms with van der Waals surface area (Å²) in [5, 5.41) is 2.44. The second kappa shape index (κ2) is 12.7. The van der Waals surface area contributed by atoms with E-state index in [2.05, 4.69) is 5.32 Å². The lowest BCUT2D eigenvalue weighted by atomic mass is 10.2. The Hall–Kier alpha value is -2.26. The fraction of sp³-hybridized carbons (Fsp3) is 0.391. The Morgan fingerprint density at radius 3 is 2.26 bits per heavy atom. The zero-order valence-electron chi connectivity index (χ0n) is 20.6. The maximum absolute atomic E-state index is 12.9. The predicted molar refractivity (Wildman–Crippen MR) is 142 cm³/mol. The van der Waals surface area contributed by atoms with Crippen LogP contribution in [-0.4, -0.2) is 83.3 Å². The molecule has 3 rings (SSSR count). The van der Waals surface area contributed by atoms with Crippen LogP contribution in [0.1, 0.15) is 24.2 Å². The monoisotopic (exact) mass is 607 g/mol. The Labute approximate surface area is 231 Å². The number of anilines is 1. The summed E-state index contributed by atoms with van der Waals surface area (Å²) in [5.74, 6) is -1.74. The van der Waals surface area contributed by atoms with Gasteiger partial charge in [-0.2, -0.15) is 8.61 Å². The fourth-order valence-corrected chi connectivity index (χ4v) is 7.19. The highest BCUT2D eigenvalue weighted by atomic mass is 35.5. The van der Waals surface area contributed by atoms with Gasteiger partial charge in [-0.3, -0.25) is 4.79 Å². The number of esters is 1. The lowest BCUT2D eigenvalue weighted by Gasteiger charge is -2.26. The molecule has 15 heteroatoms. The van der Waals surface area contributed by atoms with Gasteiger partial charge in [-0.1, -0.05) is 37.0 Å². The SMILES string of the molecule is CCN(CC)S(=O)(=O)c1cc(C(=O)OCC(=O)Nc2cc(S(=O)(=O)N3CCOCC3)ccc2Cl)ccc1Cl. The third-order valence-electron chi connectivity index (χ3n) is 5.64. The van der Waals surface area contributed by atoms with Crippen molar-refractivity contribution >= 4 is 60.8 Å². The van der Waals surface area contributed by atoms with Gasteiger partial charge in [-0.25, -0.2) is 21.6 Å². The van der Waals surface area contributed by atoms with Crippen LogP contribution in [0.5, 0.6) is 0 Å². The van der Waals surface area contributed by atoms with Gasteiger partial charge in [-0.15, -0.1) is 0 Å². The highest BCUT2D eigenvalue weighted by molar-refractivity contribution is 7.89. The van der Waals surface area contributed by atoms with Gasteiger partial charge in [0.2, 0.25) is 20.0 Å². The number of amides is 1. The van der Waals surface area contributed by atoms with Gasteiger partial charge in [0.05, 0.1) is 39.4 Å². The number of nitrogens with zero attached hydrogens (tertiary/aromatic N) is 2. The molecule has 11 nitrogen and oxygen atoms in total. The van der Waals surface area contributed by atoms with Gasteiger partial charge in [0, 0.05) is 26.2 Å². The van der Waals surface area contributed by atoms with Crippen molar-refractivity contribution in [3.63, 3.8) is 0 Å². The number of carbonyl (C=O) groups excluding carboxylic acids is 2. The minimum atomic E-state index is -3.95. The average Bonchev–Trinajstić information content (AvgIpc) is 2.89. The molecule has 1 N–H and O–H groups in total. The first-order valence-electron chi connectivity index (χ1n) is 11.6. The standard InChI is InChI=1S/C23H27Cl2N3O8S2/c1-3-27(4-2)38(33,34)21-13-16(5-7-19(21)25)23(30)36-15-22(29)26-20-14-17(6-8-18(20)24)37(31,32)28-9-11-35-12-10-28/h5-8,13-14H,3-4,9-12,15H2,1-2H3,(H,26,29). The molecule has 1 heterocycles. The zero-order chi connectivity index (χ0) is 28.1. The van der Waals surface area contributed by atoms with Crippen molar-refractivity contribution in [2.24, 2.45) is 0 Å². The van der Waals surface area contributed by atoms with Crippen LogP contribution in [0, 0.1) is 0 Å². The molecule has 0 spiro atoms. The van der Waals surface area contributed by atoms with Crippen molar-refractivity contribution in [3.8, 4) is 0 Å². The van der Waals surface area contributed by atoms with E-state index in [1.165, 1.54) is 38.9 Å². The summed E-state index contributed by atoms with van der Waals surface area (Å²) in [6.07, 6.45) is 0. The van der Waals surface area contributed by atoms with Crippen molar-refractivity contribution in [1.29, 1.82) is 0 Å². The smallest absolute Gasteiger partial charge is 0.338 e. The van der Waals surface area contributed by atoms with Crippen molar-refractivity contribution < 1.29 is 35.9 Å². The maximum atomic E-state index is 12.9. The van der Waals surface area contributed by atoms with Crippen LogP contribution in [0.2, 0.25) is 10.0 Å². The Morgan fingerprint density at radius 1 is 1.00 bits per heavy atom. The molecule has 1 amide bonds. The molecule has 0 saturated carbocycles. The Morgan fingerprint density at radius 2 is 1.63 bits per heavy atom. The lowest BCUT2D eigenvalue weighted by Crippen LogP contribution is -2.40. The van der Waals surface area contributed by atoms with E-state index in [0.29, 0.717) is 0 Å². The first-order chi connectivity index (χ1) is 17.9. The number of halogens is 2. The maximum Gasteiger partial charge on any atom is 0.338 e. The van der Waals surface area contributed by atoms with E-state index in [4.69, 9.17) is 32.7 Å². The highest BCUT2D eigenvalue weighted by Crippen LogP contribution is 2.28. The third-order valence-corrected chi connectivity index (χ3v) is 10.4. The van der Waals surface area contributed by atoms with Gasteiger partial charge in [0.1, 0.15) is 4.90 Å². The summed E-state index contributed by atoms with van der Waals surface area (Å²) in [7, 11) is -7.78. The van der Waals surface area contributed by atoms with Gasteiger partial charge in [0.25, 0.3) is 5.91 Å². The molecule has 38 heavy (non-hydrogen) atoms. The molecule has 208 valence electrons. The first-order valence-corrected chi connectivity index (χ1v) is 15.2. The quantitative estimate of drug-likeness (QED) is 0.407. The summed E-state index contributed by atoms with van der Waals surface area (Å²) >= 11 is 12.2. The molecule has 1 saturated heterocycles. The van der Waals surface area contributed by atoms with Gasteiger partial charge >= 0.3 is 5.97 Å². The molecule has 0 aliphatic carbocycles. The van der Waals surface area contributed by atoms with Crippen LogP contribution < -0.4 is 5.32 Å². The molecule has 1 fully saturated rings. The molecule has 0 atom stereocenters. The van der Waals surface area contributed by atoms with Crippen LogP contribution in [0.25, 0.3) is 0 Å². The van der Waals surface area contributed by atoms with Crippen LogP contribution in [0.4, 0.5) is 5.69 Å².